The topological polar surface area (TPSA) is 101 Å². The van der Waals surface area contributed by atoms with Gasteiger partial charge in [0.25, 0.3) is 0 Å². The molecule has 114 valence electrons. The third-order valence-corrected chi connectivity index (χ3v) is 2.84. The third-order valence-electron chi connectivity index (χ3n) is 2.84. The molecule has 1 heterocycles. The Morgan fingerprint density at radius 3 is 2.73 bits per heavy atom. The molecule has 0 aliphatic rings. The van der Waals surface area contributed by atoms with Crippen LogP contribution in [0, 0.1) is 0 Å². The van der Waals surface area contributed by atoms with Gasteiger partial charge in [0.2, 0.25) is 0 Å². The maximum Gasteiger partial charge on any atom is 0.335 e. The summed E-state index contributed by atoms with van der Waals surface area (Å²) < 4.78 is 10.6. The number of oxime groups is 1. The second-order valence-electron chi connectivity index (χ2n) is 4.25. The summed E-state index contributed by atoms with van der Waals surface area (Å²) >= 11 is 0. The van der Waals surface area contributed by atoms with Crippen molar-refractivity contribution in [3.8, 4) is 11.5 Å². The van der Waals surface area contributed by atoms with Crippen molar-refractivity contribution in [2.24, 2.45) is 5.16 Å². The Balaban J connectivity index is 2.12. The van der Waals surface area contributed by atoms with Crippen molar-refractivity contribution in [1.29, 1.82) is 0 Å². The molecule has 2 rings (SSSR count). The van der Waals surface area contributed by atoms with Crippen molar-refractivity contribution < 1.29 is 24.6 Å². The summed E-state index contributed by atoms with van der Waals surface area (Å²) in [5, 5.41) is 21.2. The predicted molar refractivity (Wildman–Crippen MR) is 78.0 cm³/mol. The minimum absolute atomic E-state index is 0.0486. The van der Waals surface area contributed by atoms with Gasteiger partial charge in [-0.3, -0.25) is 4.98 Å². The zero-order valence-corrected chi connectivity index (χ0v) is 11.8. The van der Waals surface area contributed by atoms with E-state index in [1.807, 2.05) is 0 Å². The summed E-state index contributed by atoms with van der Waals surface area (Å²) in [6, 6.07) is 9.59. The van der Waals surface area contributed by atoms with Gasteiger partial charge in [0, 0.05) is 12.3 Å². The Bertz CT molecular complexity index is 700. The highest BCUT2D eigenvalue weighted by Gasteiger charge is 2.11. The van der Waals surface area contributed by atoms with Crippen molar-refractivity contribution in [3.63, 3.8) is 0 Å². The zero-order chi connectivity index (χ0) is 15.9. The lowest BCUT2D eigenvalue weighted by atomic mass is 10.2. The van der Waals surface area contributed by atoms with Crippen LogP contribution in [0.3, 0.4) is 0 Å². The normalized spacial score (nSPS) is 11.0. The molecule has 0 amide bonds. The molecular formula is C15H14N2O5. The summed E-state index contributed by atoms with van der Waals surface area (Å²) in [7, 11) is 1.54. The van der Waals surface area contributed by atoms with Crippen LogP contribution < -0.4 is 9.47 Å². The summed E-state index contributed by atoms with van der Waals surface area (Å²) in [5.41, 5.74) is 0.392. The Morgan fingerprint density at radius 1 is 1.27 bits per heavy atom. The quantitative estimate of drug-likeness (QED) is 0.481. The van der Waals surface area contributed by atoms with Gasteiger partial charge in [-0.25, -0.2) is 4.79 Å². The van der Waals surface area contributed by atoms with E-state index in [2.05, 4.69) is 10.1 Å². The molecule has 7 nitrogen and oxygen atoms in total. The van der Waals surface area contributed by atoms with E-state index in [4.69, 9.17) is 19.8 Å². The minimum Gasteiger partial charge on any atom is -0.497 e. The van der Waals surface area contributed by atoms with E-state index in [9.17, 15) is 4.79 Å². The number of ether oxygens (including phenoxy) is 2. The average molecular weight is 302 g/mol. The zero-order valence-electron chi connectivity index (χ0n) is 11.8. The van der Waals surface area contributed by atoms with Crippen LogP contribution in [0.25, 0.3) is 0 Å². The maximum atomic E-state index is 10.9. The number of carbonyl (C=O) groups is 1. The molecular weight excluding hydrogens is 288 g/mol. The van der Waals surface area contributed by atoms with E-state index in [1.165, 1.54) is 18.3 Å². The molecule has 0 fully saturated rings. The van der Waals surface area contributed by atoms with Gasteiger partial charge in [-0.1, -0.05) is 11.2 Å². The molecule has 2 N–H and O–H groups in total. The van der Waals surface area contributed by atoms with E-state index >= 15 is 0 Å². The van der Waals surface area contributed by atoms with Gasteiger partial charge in [0.15, 0.2) is 0 Å². The number of carboxylic acid groups (broad SMARTS) is 1. The summed E-state index contributed by atoms with van der Waals surface area (Å²) in [6.07, 6.45) is 1.33. The fraction of sp³-hybridized carbons (Fsp3) is 0.133. The van der Waals surface area contributed by atoms with Crippen LogP contribution in [-0.4, -0.2) is 40.7 Å². The lowest BCUT2D eigenvalue weighted by Crippen LogP contribution is -2.15. The van der Waals surface area contributed by atoms with Crippen LogP contribution in [0.15, 0.2) is 47.8 Å². The molecule has 0 aliphatic heterocycles. The Kier molecular flexibility index (Phi) is 4.92. The molecule has 0 atom stereocenters. The van der Waals surface area contributed by atoms with Crippen LogP contribution >= 0.6 is 0 Å². The van der Waals surface area contributed by atoms with Crippen molar-refractivity contribution in [1.82, 2.24) is 4.98 Å². The molecule has 1 aromatic carbocycles. The van der Waals surface area contributed by atoms with Crippen molar-refractivity contribution in [3.05, 3.63) is 53.9 Å². The number of pyridine rings is 1. The number of rotatable bonds is 6. The summed E-state index contributed by atoms with van der Waals surface area (Å²) in [6.45, 7) is -0.0697. The molecule has 0 unspecified atom stereocenters. The van der Waals surface area contributed by atoms with Crippen LogP contribution in [0.5, 0.6) is 11.5 Å². The lowest BCUT2D eigenvalue weighted by Gasteiger charge is -2.09. The van der Waals surface area contributed by atoms with Crippen LogP contribution in [0.4, 0.5) is 0 Å². The van der Waals surface area contributed by atoms with Gasteiger partial charge < -0.3 is 19.8 Å². The predicted octanol–water partition coefficient (Wildman–Crippen LogP) is 2.05. The van der Waals surface area contributed by atoms with Gasteiger partial charge >= 0.3 is 5.97 Å². The van der Waals surface area contributed by atoms with Crippen molar-refractivity contribution >= 4 is 11.7 Å². The smallest absolute Gasteiger partial charge is 0.335 e. The molecule has 0 saturated carbocycles. The number of aromatic nitrogens is 1. The fourth-order valence-electron chi connectivity index (χ4n) is 1.72. The molecule has 0 radical (unpaired) electrons. The second kappa shape index (κ2) is 7.07. The number of benzene rings is 1. The van der Waals surface area contributed by atoms with E-state index in [0.29, 0.717) is 11.5 Å². The van der Waals surface area contributed by atoms with Crippen molar-refractivity contribution in [2.45, 2.75) is 0 Å². The first-order valence-electron chi connectivity index (χ1n) is 6.31. The van der Waals surface area contributed by atoms with Crippen molar-refractivity contribution in [2.75, 3.05) is 13.7 Å². The van der Waals surface area contributed by atoms with Crippen LogP contribution in [0.2, 0.25) is 0 Å². The number of hydrogen-bond donors (Lipinski definition) is 2. The summed E-state index contributed by atoms with van der Waals surface area (Å²) in [5.74, 6) is 0.0653. The monoisotopic (exact) mass is 302 g/mol. The first kappa shape index (κ1) is 15.3. The standard InChI is InChI=1S/C15H14N2O5/c1-21-11-3-2-4-12(8-11)22-9-14(17-20)13-7-10(15(18)19)5-6-16-13/h2-8,20H,9H2,1H3,(H,18,19)/b17-14+. The highest BCUT2D eigenvalue weighted by atomic mass is 16.5. The molecule has 2 aromatic rings. The first-order valence-corrected chi connectivity index (χ1v) is 6.31. The molecule has 0 saturated heterocycles. The molecule has 22 heavy (non-hydrogen) atoms. The second-order valence-corrected chi connectivity index (χ2v) is 4.25. The number of nitrogens with zero attached hydrogens (tertiary/aromatic N) is 2. The highest BCUT2D eigenvalue weighted by molar-refractivity contribution is 6.01. The van der Waals surface area contributed by atoms with Gasteiger partial charge in [0.1, 0.15) is 23.8 Å². The van der Waals surface area contributed by atoms with E-state index < -0.39 is 5.97 Å². The molecule has 0 spiro atoms. The Morgan fingerprint density at radius 2 is 2.05 bits per heavy atom. The van der Waals surface area contributed by atoms with Crippen LogP contribution in [0.1, 0.15) is 16.1 Å². The van der Waals surface area contributed by atoms with Gasteiger partial charge in [-0.2, -0.15) is 0 Å². The molecule has 0 bridgehead atoms. The highest BCUT2D eigenvalue weighted by Crippen LogP contribution is 2.19. The van der Waals surface area contributed by atoms with Gasteiger partial charge in [-0.05, 0) is 24.3 Å². The Labute approximate surface area is 126 Å². The first-order chi connectivity index (χ1) is 10.6. The van der Waals surface area contributed by atoms with E-state index in [0.717, 1.165) is 0 Å². The van der Waals surface area contributed by atoms with E-state index in [1.54, 1.807) is 31.4 Å². The van der Waals surface area contributed by atoms with Crippen LogP contribution in [-0.2, 0) is 0 Å². The van der Waals surface area contributed by atoms with Gasteiger partial charge in [-0.15, -0.1) is 0 Å². The van der Waals surface area contributed by atoms with Gasteiger partial charge in [0.05, 0.1) is 18.4 Å². The third kappa shape index (κ3) is 3.72. The lowest BCUT2D eigenvalue weighted by molar-refractivity contribution is 0.0696. The molecule has 7 heteroatoms. The number of aromatic carboxylic acids is 1. The molecule has 1 aromatic heterocycles. The maximum absolute atomic E-state index is 10.9. The number of hydrogen-bond acceptors (Lipinski definition) is 6. The summed E-state index contributed by atoms with van der Waals surface area (Å²) in [4.78, 5) is 14.9. The molecule has 0 aliphatic carbocycles. The SMILES string of the molecule is COc1cccc(OC/C(=N\O)c2cc(C(=O)O)ccn2)c1. The average Bonchev–Trinajstić information content (AvgIpc) is 2.56. The fourth-order valence-corrected chi connectivity index (χ4v) is 1.72. The number of carboxylic acids is 1. The largest absolute Gasteiger partial charge is 0.497 e. The van der Waals surface area contributed by atoms with E-state index in [-0.39, 0.29) is 23.6 Å². The number of methoxy groups -OCH3 is 1. The minimum atomic E-state index is -1.09. The Hall–Kier alpha value is -3.09.